The van der Waals surface area contributed by atoms with Gasteiger partial charge in [-0.2, -0.15) is 0 Å². The third kappa shape index (κ3) is 4.25. The number of thioether (sulfide) groups is 1. The number of carbonyl (C=O) groups excluding carboxylic acids is 1. The van der Waals surface area contributed by atoms with E-state index in [2.05, 4.69) is 52.4 Å². The maximum absolute atomic E-state index is 12.3. The number of hydrogen-bond acceptors (Lipinski definition) is 6. The minimum absolute atomic E-state index is 0.143. The van der Waals surface area contributed by atoms with Crippen LogP contribution in [0.25, 0.3) is 11.5 Å². The maximum atomic E-state index is 12.3. The molecule has 2 heterocycles. The minimum Gasteiger partial charge on any atom is -0.335 e. The number of halogens is 2. The Morgan fingerprint density at radius 3 is 2.65 bits per heavy atom. The Kier molecular flexibility index (Phi) is 5.94. The van der Waals surface area contributed by atoms with E-state index in [1.54, 1.807) is 12.3 Å². The van der Waals surface area contributed by atoms with Gasteiger partial charge in [-0.05, 0) is 68.6 Å². The average molecular weight is 498 g/mol. The SMILES string of the molecule is Cc1cc(Br)c(NC(=O)CSc2nnc(-c3ccccn3)n2N)c(Br)c1. The smallest absolute Gasteiger partial charge is 0.234 e. The predicted molar refractivity (Wildman–Crippen MR) is 109 cm³/mol. The van der Waals surface area contributed by atoms with E-state index in [-0.39, 0.29) is 11.7 Å². The van der Waals surface area contributed by atoms with Crippen LogP contribution in [-0.2, 0) is 4.79 Å². The molecular weight excluding hydrogens is 484 g/mol. The van der Waals surface area contributed by atoms with Crippen LogP contribution in [0.15, 0.2) is 50.6 Å². The Balaban J connectivity index is 1.67. The summed E-state index contributed by atoms with van der Waals surface area (Å²) in [5, 5.41) is 11.4. The number of carbonyl (C=O) groups is 1. The fourth-order valence-electron chi connectivity index (χ4n) is 2.17. The highest BCUT2D eigenvalue weighted by Crippen LogP contribution is 2.32. The van der Waals surface area contributed by atoms with Crippen molar-refractivity contribution in [2.45, 2.75) is 12.1 Å². The van der Waals surface area contributed by atoms with E-state index in [9.17, 15) is 4.79 Å². The van der Waals surface area contributed by atoms with E-state index in [4.69, 9.17) is 5.84 Å². The molecule has 26 heavy (non-hydrogen) atoms. The molecule has 0 spiro atoms. The summed E-state index contributed by atoms with van der Waals surface area (Å²) in [7, 11) is 0. The summed E-state index contributed by atoms with van der Waals surface area (Å²) < 4.78 is 2.95. The number of amides is 1. The number of nitrogens with one attached hydrogen (secondary N) is 1. The summed E-state index contributed by atoms with van der Waals surface area (Å²) in [4.78, 5) is 16.5. The molecule has 0 fully saturated rings. The van der Waals surface area contributed by atoms with Crippen LogP contribution in [0, 0.1) is 6.92 Å². The average Bonchev–Trinajstić information content (AvgIpc) is 2.98. The molecule has 0 unspecified atom stereocenters. The van der Waals surface area contributed by atoms with Crippen molar-refractivity contribution in [1.29, 1.82) is 0 Å². The summed E-state index contributed by atoms with van der Waals surface area (Å²) in [6.45, 7) is 1.98. The summed E-state index contributed by atoms with van der Waals surface area (Å²) in [5.74, 6) is 6.43. The zero-order valence-electron chi connectivity index (χ0n) is 13.6. The normalized spacial score (nSPS) is 10.7. The lowest BCUT2D eigenvalue weighted by Crippen LogP contribution is -2.17. The van der Waals surface area contributed by atoms with Gasteiger partial charge in [0.25, 0.3) is 0 Å². The Morgan fingerprint density at radius 1 is 1.27 bits per heavy atom. The Morgan fingerprint density at radius 2 is 2.00 bits per heavy atom. The van der Waals surface area contributed by atoms with Crippen LogP contribution in [0.2, 0.25) is 0 Å². The van der Waals surface area contributed by atoms with Gasteiger partial charge in [0.1, 0.15) is 5.69 Å². The van der Waals surface area contributed by atoms with Crippen molar-refractivity contribution in [3.63, 3.8) is 0 Å². The molecule has 0 atom stereocenters. The molecule has 0 aliphatic carbocycles. The molecule has 0 aliphatic heterocycles. The van der Waals surface area contributed by atoms with Gasteiger partial charge < -0.3 is 11.2 Å². The number of aryl methyl sites for hydroxylation is 1. The molecule has 3 rings (SSSR count). The highest BCUT2D eigenvalue weighted by Gasteiger charge is 2.15. The zero-order valence-corrected chi connectivity index (χ0v) is 17.6. The molecule has 0 aliphatic rings. The highest BCUT2D eigenvalue weighted by molar-refractivity contribution is 9.11. The van der Waals surface area contributed by atoms with Crippen molar-refractivity contribution in [2.24, 2.45) is 0 Å². The number of rotatable bonds is 5. The van der Waals surface area contributed by atoms with Gasteiger partial charge in [-0.15, -0.1) is 10.2 Å². The lowest BCUT2D eigenvalue weighted by molar-refractivity contribution is -0.113. The van der Waals surface area contributed by atoms with Gasteiger partial charge in [-0.25, -0.2) is 4.68 Å². The Labute approximate surface area is 171 Å². The molecule has 10 heteroatoms. The Bertz CT molecular complexity index is 924. The first-order valence-electron chi connectivity index (χ1n) is 7.46. The van der Waals surface area contributed by atoms with Crippen LogP contribution in [0.3, 0.4) is 0 Å². The predicted octanol–water partition coefficient (Wildman–Crippen LogP) is 3.62. The molecule has 1 aromatic carbocycles. The molecular formula is C16H14Br2N6OS. The highest BCUT2D eigenvalue weighted by atomic mass is 79.9. The van der Waals surface area contributed by atoms with E-state index in [0.717, 1.165) is 14.5 Å². The molecule has 0 radical (unpaired) electrons. The third-order valence-corrected chi connectivity index (χ3v) is 5.54. The standard InChI is InChI=1S/C16H14Br2N6OS/c1-9-6-10(17)14(11(18)7-9)21-13(25)8-26-16-23-22-15(24(16)19)12-4-2-3-5-20-12/h2-7H,8,19H2,1H3,(H,21,25). The fraction of sp³-hybridized carbons (Fsp3) is 0.125. The molecule has 0 bridgehead atoms. The fourth-order valence-corrected chi connectivity index (χ4v) is 4.44. The molecule has 3 N–H and O–H groups in total. The number of nitrogens with zero attached hydrogens (tertiary/aromatic N) is 4. The van der Waals surface area contributed by atoms with Crippen LogP contribution in [0.1, 0.15) is 5.56 Å². The minimum atomic E-state index is -0.178. The largest absolute Gasteiger partial charge is 0.335 e. The number of nitrogen functional groups attached to an aromatic ring is 1. The quantitative estimate of drug-likeness (QED) is 0.412. The zero-order chi connectivity index (χ0) is 18.7. The number of hydrogen-bond donors (Lipinski definition) is 2. The second-order valence-electron chi connectivity index (χ2n) is 5.33. The van der Waals surface area contributed by atoms with Crippen LogP contribution < -0.4 is 11.2 Å². The van der Waals surface area contributed by atoms with Crippen molar-refractivity contribution in [3.05, 3.63) is 51.0 Å². The Hall–Kier alpha value is -1.91. The first kappa shape index (κ1) is 18.9. The number of benzene rings is 1. The van der Waals surface area contributed by atoms with Gasteiger partial charge in [0.2, 0.25) is 16.9 Å². The van der Waals surface area contributed by atoms with Crippen LogP contribution in [0.4, 0.5) is 5.69 Å². The molecule has 134 valence electrons. The van der Waals surface area contributed by atoms with E-state index >= 15 is 0 Å². The number of anilines is 1. The van der Waals surface area contributed by atoms with Crippen molar-refractivity contribution in [1.82, 2.24) is 19.9 Å². The van der Waals surface area contributed by atoms with Gasteiger partial charge in [0, 0.05) is 15.1 Å². The van der Waals surface area contributed by atoms with Crippen molar-refractivity contribution in [2.75, 3.05) is 16.9 Å². The van der Waals surface area contributed by atoms with Crippen molar-refractivity contribution >= 4 is 55.2 Å². The van der Waals surface area contributed by atoms with Gasteiger partial charge in [-0.3, -0.25) is 9.78 Å². The van der Waals surface area contributed by atoms with Crippen LogP contribution in [-0.4, -0.2) is 31.5 Å². The van der Waals surface area contributed by atoms with Crippen molar-refractivity contribution < 1.29 is 4.79 Å². The van der Waals surface area contributed by atoms with Gasteiger partial charge in [-0.1, -0.05) is 17.8 Å². The first-order chi connectivity index (χ1) is 12.5. The van der Waals surface area contributed by atoms with Crippen molar-refractivity contribution in [3.8, 4) is 11.5 Å². The molecule has 7 nitrogen and oxygen atoms in total. The number of aromatic nitrogens is 4. The molecule has 1 amide bonds. The van der Waals surface area contributed by atoms with Gasteiger partial charge in [0.05, 0.1) is 11.4 Å². The second-order valence-corrected chi connectivity index (χ2v) is 7.98. The monoisotopic (exact) mass is 496 g/mol. The maximum Gasteiger partial charge on any atom is 0.234 e. The first-order valence-corrected chi connectivity index (χ1v) is 10.0. The molecule has 3 aromatic rings. The van der Waals surface area contributed by atoms with E-state index < -0.39 is 0 Å². The second kappa shape index (κ2) is 8.19. The van der Waals surface area contributed by atoms with Crippen LogP contribution in [0.5, 0.6) is 0 Å². The summed E-state index contributed by atoms with van der Waals surface area (Å²) in [6.07, 6.45) is 1.65. The van der Waals surface area contributed by atoms with Gasteiger partial charge in [0.15, 0.2) is 0 Å². The molecule has 0 saturated heterocycles. The summed E-state index contributed by atoms with van der Waals surface area (Å²) in [5.41, 5.74) is 2.38. The summed E-state index contributed by atoms with van der Waals surface area (Å²) in [6, 6.07) is 9.31. The number of nitrogens with two attached hydrogens (primary N) is 1. The topological polar surface area (TPSA) is 98.7 Å². The third-order valence-electron chi connectivity index (χ3n) is 3.34. The summed E-state index contributed by atoms with van der Waals surface area (Å²) >= 11 is 8.12. The lowest BCUT2D eigenvalue weighted by Gasteiger charge is -2.10. The van der Waals surface area contributed by atoms with E-state index in [1.165, 1.54) is 16.4 Å². The lowest BCUT2D eigenvalue weighted by atomic mass is 10.2. The van der Waals surface area contributed by atoms with E-state index in [1.807, 2.05) is 31.2 Å². The number of pyridine rings is 1. The molecule has 2 aromatic heterocycles. The molecule has 0 saturated carbocycles. The van der Waals surface area contributed by atoms with E-state index in [0.29, 0.717) is 22.4 Å². The van der Waals surface area contributed by atoms with Gasteiger partial charge >= 0.3 is 0 Å². The van der Waals surface area contributed by atoms with Crippen LogP contribution >= 0.6 is 43.6 Å².